The van der Waals surface area contributed by atoms with E-state index in [1.54, 1.807) is 0 Å². The number of fused-ring (bicyclic) bond motifs is 1. The number of ether oxygens (including phenoxy) is 5. The van der Waals surface area contributed by atoms with Crippen LogP contribution in [0.4, 0.5) is 0 Å². The van der Waals surface area contributed by atoms with Crippen molar-refractivity contribution < 1.29 is 68.6 Å². The van der Waals surface area contributed by atoms with Crippen molar-refractivity contribution in [2.45, 2.75) is 75.3 Å². The second-order valence-electron chi connectivity index (χ2n) is 10.6. The van der Waals surface area contributed by atoms with Crippen molar-refractivity contribution in [3.05, 3.63) is 52.7 Å². The fourth-order valence-corrected chi connectivity index (χ4v) is 4.99. The minimum absolute atomic E-state index is 0.0000698. The zero-order valence-electron chi connectivity index (χ0n) is 23.4. The van der Waals surface area contributed by atoms with Crippen molar-refractivity contribution in [3.8, 4) is 28.6 Å². The largest absolute Gasteiger partial charge is 0.508 e. The van der Waals surface area contributed by atoms with Crippen molar-refractivity contribution >= 4 is 16.9 Å². The molecule has 7 N–H and O–H groups in total. The predicted molar refractivity (Wildman–Crippen MR) is 146 cm³/mol. The molecule has 0 spiro atoms. The van der Waals surface area contributed by atoms with Crippen molar-refractivity contribution in [2.75, 3.05) is 6.61 Å². The maximum absolute atomic E-state index is 13.3. The highest BCUT2D eigenvalue weighted by Gasteiger charge is 2.51. The van der Waals surface area contributed by atoms with Crippen LogP contribution in [0.25, 0.3) is 22.3 Å². The van der Waals surface area contributed by atoms with Crippen LogP contribution in [-0.2, 0) is 23.7 Å². The van der Waals surface area contributed by atoms with Gasteiger partial charge in [0.25, 0.3) is 0 Å². The first-order chi connectivity index (χ1) is 20.8. The number of aliphatic hydroxyl groups excluding tert-OH is 5. The normalized spacial score (nSPS) is 32.3. The lowest BCUT2D eigenvalue weighted by Gasteiger charge is -2.45. The van der Waals surface area contributed by atoms with Crippen LogP contribution in [0.2, 0.25) is 0 Å². The van der Waals surface area contributed by atoms with Gasteiger partial charge >= 0.3 is 5.97 Å². The van der Waals surface area contributed by atoms with Crippen molar-refractivity contribution in [2.24, 2.45) is 0 Å². The highest BCUT2D eigenvalue weighted by atomic mass is 16.8. The number of esters is 1. The lowest BCUT2D eigenvalue weighted by Crippen LogP contribution is -2.64. The summed E-state index contributed by atoms with van der Waals surface area (Å²) in [6, 6.07) is 9.25. The van der Waals surface area contributed by atoms with E-state index in [0.29, 0.717) is 5.56 Å². The molecule has 15 nitrogen and oxygen atoms in total. The molecule has 15 heteroatoms. The molecule has 44 heavy (non-hydrogen) atoms. The van der Waals surface area contributed by atoms with E-state index in [4.69, 9.17) is 28.1 Å². The SMILES string of the molecule is CC(=O)OCC1O[C@@H](Oc2cc(O)cc3oc(-c4ccc(O)cc4)cc(=O)c23)C(O[C@@H]2OC(C)[C@H](O)C(O)[C@@H]2O)[C@@H](O)[C@@H]1O. The number of hydrogen-bond donors (Lipinski definition) is 7. The van der Waals surface area contributed by atoms with Crippen LogP contribution in [0.15, 0.2) is 51.7 Å². The Kier molecular flexibility index (Phi) is 9.10. The third-order valence-corrected chi connectivity index (χ3v) is 7.37. The molecule has 2 aliphatic rings. The van der Waals surface area contributed by atoms with Crippen molar-refractivity contribution in [1.82, 2.24) is 0 Å². The quantitative estimate of drug-likeness (QED) is 0.165. The Morgan fingerprint density at radius 1 is 0.841 bits per heavy atom. The fraction of sp³-hybridized carbons (Fsp3) is 0.448. The Morgan fingerprint density at radius 2 is 1.55 bits per heavy atom. The Balaban J connectivity index is 1.51. The molecule has 2 saturated heterocycles. The predicted octanol–water partition coefficient (Wildman–Crippen LogP) is -0.528. The van der Waals surface area contributed by atoms with Gasteiger partial charge in [-0.25, -0.2) is 0 Å². The summed E-state index contributed by atoms with van der Waals surface area (Å²) in [6.07, 6.45) is -15.9. The monoisotopic (exact) mass is 620 g/mol. The van der Waals surface area contributed by atoms with Gasteiger partial charge in [0.05, 0.1) is 6.10 Å². The summed E-state index contributed by atoms with van der Waals surface area (Å²) < 4.78 is 33.7. The van der Waals surface area contributed by atoms with Crippen molar-refractivity contribution in [1.29, 1.82) is 0 Å². The number of aliphatic hydroxyl groups is 5. The lowest BCUT2D eigenvalue weighted by atomic mass is 9.97. The van der Waals surface area contributed by atoms with E-state index >= 15 is 0 Å². The summed E-state index contributed by atoms with van der Waals surface area (Å²) in [4.78, 5) is 24.7. The third-order valence-electron chi connectivity index (χ3n) is 7.37. The molecule has 3 heterocycles. The number of rotatable bonds is 7. The molecule has 1 aromatic heterocycles. The van der Waals surface area contributed by atoms with Crippen LogP contribution < -0.4 is 10.2 Å². The summed E-state index contributed by atoms with van der Waals surface area (Å²) >= 11 is 0. The standard InChI is InChI=1S/C29H32O15/c1-11-22(34)24(36)26(38)28(40-11)44-27-25(37)23(35)20(10-39-12(2)30)43-29(27)42-19-8-15(32)7-18-21(19)16(33)9-17(41-18)13-3-5-14(31)6-4-13/h3-9,11,20,22-29,31-32,34-38H,10H2,1-2H3/t11?,20?,22-,23+,24?,25-,26-,27?,28-,29+/m0/s1. The molecule has 3 aromatic rings. The van der Waals surface area contributed by atoms with Crippen LogP contribution in [0, 0.1) is 0 Å². The smallest absolute Gasteiger partial charge is 0.302 e. The first-order valence-electron chi connectivity index (χ1n) is 13.6. The summed E-state index contributed by atoms with van der Waals surface area (Å²) in [5.41, 5.74) is -0.251. The van der Waals surface area contributed by atoms with Gasteiger partial charge in [-0.1, -0.05) is 0 Å². The second-order valence-corrected chi connectivity index (χ2v) is 10.6. The maximum atomic E-state index is 13.3. The average molecular weight is 621 g/mol. The molecular formula is C29H32O15. The molecule has 0 saturated carbocycles. The van der Waals surface area contributed by atoms with Gasteiger partial charge in [-0.15, -0.1) is 0 Å². The van der Waals surface area contributed by atoms with E-state index in [1.165, 1.54) is 37.3 Å². The summed E-state index contributed by atoms with van der Waals surface area (Å²) in [5.74, 6) is -1.26. The molecule has 238 valence electrons. The molecular weight excluding hydrogens is 588 g/mol. The lowest BCUT2D eigenvalue weighted by molar-refractivity contribution is -0.354. The number of phenols is 2. The van der Waals surface area contributed by atoms with E-state index in [9.17, 15) is 45.3 Å². The number of carbonyl (C=O) groups is 1. The van der Waals surface area contributed by atoms with E-state index in [2.05, 4.69) is 0 Å². The second kappa shape index (κ2) is 12.7. The van der Waals surface area contributed by atoms with Gasteiger partial charge < -0.3 is 63.8 Å². The summed E-state index contributed by atoms with van der Waals surface area (Å²) in [7, 11) is 0. The maximum Gasteiger partial charge on any atom is 0.302 e. The molecule has 0 amide bonds. The molecule has 2 aromatic carbocycles. The molecule has 10 atom stereocenters. The molecule has 5 rings (SSSR count). The molecule has 2 aliphatic heterocycles. The van der Waals surface area contributed by atoms with E-state index in [-0.39, 0.29) is 34.0 Å². The number of benzene rings is 2. The first kappa shape index (κ1) is 31.6. The van der Waals surface area contributed by atoms with Gasteiger partial charge in [-0.2, -0.15) is 0 Å². The molecule has 0 aliphatic carbocycles. The van der Waals surface area contributed by atoms with Crippen LogP contribution in [-0.4, -0.2) is 110 Å². The third kappa shape index (κ3) is 6.36. The van der Waals surface area contributed by atoms with Gasteiger partial charge in [-0.3, -0.25) is 9.59 Å². The molecule has 0 bridgehead atoms. The summed E-state index contributed by atoms with van der Waals surface area (Å²) in [6.45, 7) is 2.02. The Hall–Kier alpha value is -3.80. The number of carbonyl (C=O) groups excluding carboxylic acids is 1. The van der Waals surface area contributed by atoms with Gasteiger partial charge in [0.15, 0.2) is 17.8 Å². The van der Waals surface area contributed by atoms with Gasteiger partial charge in [0.1, 0.15) is 77.2 Å². The highest BCUT2D eigenvalue weighted by Crippen LogP contribution is 2.36. The van der Waals surface area contributed by atoms with Gasteiger partial charge in [0, 0.05) is 30.7 Å². The Morgan fingerprint density at radius 3 is 2.23 bits per heavy atom. The van der Waals surface area contributed by atoms with Gasteiger partial charge in [0.2, 0.25) is 6.29 Å². The zero-order chi connectivity index (χ0) is 31.9. The van der Waals surface area contributed by atoms with E-state index < -0.39 is 79.4 Å². The fourth-order valence-electron chi connectivity index (χ4n) is 4.99. The van der Waals surface area contributed by atoms with E-state index in [1.807, 2.05) is 0 Å². The minimum Gasteiger partial charge on any atom is -0.508 e. The minimum atomic E-state index is -1.83. The zero-order valence-corrected chi connectivity index (χ0v) is 23.4. The molecule has 0 radical (unpaired) electrons. The molecule has 4 unspecified atom stereocenters. The summed E-state index contributed by atoms with van der Waals surface area (Å²) in [5, 5.41) is 72.5. The molecule has 2 fully saturated rings. The van der Waals surface area contributed by atoms with E-state index in [0.717, 1.165) is 19.1 Å². The number of aromatic hydroxyl groups is 2. The highest BCUT2D eigenvalue weighted by molar-refractivity contribution is 5.86. The van der Waals surface area contributed by atoms with Gasteiger partial charge in [-0.05, 0) is 31.2 Å². The average Bonchev–Trinajstić information content (AvgIpc) is 2.97. The number of phenolic OH excluding ortho intramolecular Hbond substituents is 2. The van der Waals surface area contributed by atoms with Crippen LogP contribution >= 0.6 is 0 Å². The number of hydrogen-bond acceptors (Lipinski definition) is 15. The first-order valence-corrected chi connectivity index (χ1v) is 13.6. The Labute approximate surface area is 249 Å². The van der Waals surface area contributed by atoms with Crippen LogP contribution in [0.3, 0.4) is 0 Å². The van der Waals surface area contributed by atoms with Crippen LogP contribution in [0.1, 0.15) is 13.8 Å². The Bertz CT molecular complexity index is 1540. The van der Waals surface area contributed by atoms with Crippen LogP contribution in [0.5, 0.6) is 17.2 Å². The topological polar surface area (TPSA) is 235 Å². The van der Waals surface area contributed by atoms with Crippen molar-refractivity contribution in [3.63, 3.8) is 0 Å².